The highest BCUT2D eigenvalue weighted by Crippen LogP contribution is 2.31. The number of hydrogen-bond acceptors (Lipinski definition) is 4. The van der Waals surface area contributed by atoms with Crippen LogP contribution in [0.15, 0.2) is 84.9 Å². The molecule has 0 bridgehead atoms. The first kappa shape index (κ1) is 17.6. The van der Waals surface area contributed by atoms with Crippen LogP contribution in [0.1, 0.15) is 23.0 Å². The molecule has 6 heteroatoms. The lowest BCUT2D eigenvalue weighted by molar-refractivity contribution is -0.384. The molecule has 0 aliphatic carbocycles. The van der Waals surface area contributed by atoms with Crippen molar-refractivity contribution in [3.63, 3.8) is 0 Å². The molecule has 3 aromatic carbocycles. The van der Waals surface area contributed by atoms with E-state index in [2.05, 4.69) is 34.3 Å². The molecule has 0 atom stereocenters. The summed E-state index contributed by atoms with van der Waals surface area (Å²) in [5.41, 5.74) is 3.00. The normalized spacial score (nSPS) is 10.9. The van der Waals surface area contributed by atoms with Crippen LogP contribution < -0.4 is 0 Å². The van der Waals surface area contributed by atoms with E-state index in [1.807, 2.05) is 48.0 Å². The number of rotatable bonds is 5. The minimum atomic E-state index is -0.406. The van der Waals surface area contributed by atoms with Crippen molar-refractivity contribution in [2.45, 2.75) is 13.0 Å². The fourth-order valence-electron chi connectivity index (χ4n) is 3.28. The highest BCUT2D eigenvalue weighted by Gasteiger charge is 2.22. The van der Waals surface area contributed by atoms with Crippen LogP contribution in [-0.2, 0) is 0 Å². The van der Waals surface area contributed by atoms with E-state index in [0.717, 1.165) is 16.7 Å². The van der Waals surface area contributed by atoms with Gasteiger partial charge in [-0.15, -0.1) is 0 Å². The van der Waals surface area contributed by atoms with Gasteiger partial charge in [-0.2, -0.15) is 5.10 Å². The predicted molar refractivity (Wildman–Crippen MR) is 107 cm³/mol. The van der Waals surface area contributed by atoms with E-state index < -0.39 is 4.92 Å². The molecule has 0 fully saturated rings. The first-order valence-electron chi connectivity index (χ1n) is 8.91. The van der Waals surface area contributed by atoms with Gasteiger partial charge in [0.1, 0.15) is 11.9 Å². The molecule has 1 heterocycles. The molecule has 0 saturated carbocycles. The molecule has 28 heavy (non-hydrogen) atoms. The van der Waals surface area contributed by atoms with Crippen LogP contribution in [0.2, 0.25) is 0 Å². The van der Waals surface area contributed by atoms with Crippen molar-refractivity contribution in [3.05, 3.63) is 112 Å². The van der Waals surface area contributed by atoms with Crippen molar-refractivity contribution in [1.82, 2.24) is 14.8 Å². The van der Waals surface area contributed by atoms with E-state index in [-0.39, 0.29) is 11.7 Å². The van der Waals surface area contributed by atoms with Gasteiger partial charge in [-0.1, -0.05) is 60.7 Å². The molecule has 0 aliphatic heterocycles. The Kier molecular flexibility index (Phi) is 4.68. The molecule has 0 unspecified atom stereocenters. The number of aromatic nitrogens is 3. The molecule has 0 aliphatic rings. The predicted octanol–water partition coefficient (Wildman–Crippen LogP) is 4.80. The zero-order valence-corrected chi connectivity index (χ0v) is 15.3. The van der Waals surface area contributed by atoms with Gasteiger partial charge in [-0.3, -0.25) is 10.1 Å². The second-order valence-corrected chi connectivity index (χ2v) is 6.46. The summed E-state index contributed by atoms with van der Waals surface area (Å²) < 4.78 is 1.89. The van der Waals surface area contributed by atoms with Gasteiger partial charge in [0.15, 0.2) is 5.82 Å². The average molecular weight is 370 g/mol. The number of aryl methyl sites for hydroxylation is 1. The number of nitro groups is 1. The fourth-order valence-corrected chi connectivity index (χ4v) is 3.28. The fraction of sp³-hybridized carbons (Fsp3) is 0.0909. The minimum Gasteiger partial charge on any atom is -0.258 e. The maximum absolute atomic E-state index is 11.0. The van der Waals surface area contributed by atoms with Crippen molar-refractivity contribution in [1.29, 1.82) is 0 Å². The van der Waals surface area contributed by atoms with Crippen LogP contribution in [0.5, 0.6) is 0 Å². The van der Waals surface area contributed by atoms with E-state index in [1.165, 1.54) is 12.1 Å². The lowest BCUT2D eigenvalue weighted by atomic mass is 9.98. The highest BCUT2D eigenvalue weighted by molar-refractivity contribution is 5.58. The SMILES string of the molecule is Cc1nc(-c2ccc([N+](=O)[O-])cc2)n(C(c2ccccc2)c2ccccc2)n1. The summed E-state index contributed by atoms with van der Waals surface area (Å²) in [6, 6.07) is 26.5. The van der Waals surface area contributed by atoms with E-state index >= 15 is 0 Å². The summed E-state index contributed by atoms with van der Waals surface area (Å²) in [5, 5.41) is 15.6. The van der Waals surface area contributed by atoms with Crippen molar-refractivity contribution >= 4 is 5.69 Å². The van der Waals surface area contributed by atoms with Gasteiger partial charge in [0, 0.05) is 17.7 Å². The number of hydrogen-bond donors (Lipinski definition) is 0. The first-order chi connectivity index (χ1) is 13.6. The Hall–Kier alpha value is -3.80. The molecular formula is C22H18N4O2. The topological polar surface area (TPSA) is 73.8 Å². The molecule has 4 aromatic rings. The Morgan fingerprint density at radius 1 is 0.857 bits per heavy atom. The Labute approximate surface area is 162 Å². The van der Waals surface area contributed by atoms with Gasteiger partial charge < -0.3 is 0 Å². The molecule has 0 N–H and O–H groups in total. The summed E-state index contributed by atoms with van der Waals surface area (Å²) in [5.74, 6) is 1.32. The molecule has 4 rings (SSSR count). The van der Waals surface area contributed by atoms with Gasteiger partial charge >= 0.3 is 0 Å². The number of nitrogens with zero attached hydrogens (tertiary/aromatic N) is 4. The quantitative estimate of drug-likeness (QED) is 0.374. The Balaban J connectivity index is 1.87. The molecule has 1 aromatic heterocycles. The Morgan fingerprint density at radius 3 is 1.89 bits per heavy atom. The zero-order valence-electron chi connectivity index (χ0n) is 15.3. The third kappa shape index (κ3) is 3.40. The maximum atomic E-state index is 11.0. The molecule has 138 valence electrons. The highest BCUT2D eigenvalue weighted by atomic mass is 16.6. The number of non-ortho nitro benzene ring substituents is 1. The summed E-state index contributed by atoms with van der Waals surface area (Å²) in [6.45, 7) is 1.85. The first-order valence-corrected chi connectivity index (χ1v) is 8.91. The van der Waals surface area contributed by atoms with Crippen LogP contribution in [-0.4, -0.2) is 19.7 Å². The number of nitro benzene ring substituents is 1. The van der Waals surface area contributed by atoms with Crippen LogP contribution in [0.25, 0.3) is 11.4 Å². The molecule has 0 saturated heterocycles. The molecule has 0 radical (unpaired) electrons. The molecule has 6 nitrogen and oxygen atoms in total. The van der Waals surface area contributed by atoms with E-state index in [1.54, 1.807) is 12.1 Å². The second kappa shape index (κ2) is 7.44. The van der Waals surface area contributed by atoms with E-state index in [4.69, 9.17) is 0 Å². The minimum absolute atomic E-state index is 0.0502. The average Bonchev–Trinajstić information content (AvgIpc) is 3.11. The van der Waals surface area contributed by atoms with Gasteiger partial charge in [-0.25, -0.2) is 9.67 Å². The second-order valence-electron chi connectivity index (χ2n) is 6.46. The summed E-state index contributed by atoms with van der Waals surface area (Å²) in [6.07, 6.45) is 0. The molecular weight excluding hydrogens is 352 g/mol. The molecule has 0 amide bonds. The molecule has 0 spiro atoms. The van der Waals surface area contributed by atoms with Gasteiger partial charge in [-0.05, 0) is 30.2 Å². The Bertz CT molecular complexity index is 1050. The van der Waals surface area contributed by atoms with Crippen LogP contribution in [0.4, 0.5) is 5.69 Å². The van der Waals surface area contributed by atoms with E-state index in [0.29, 0.717) is 11.6 Å². The monoisotopic (exact) mass is 370 g/mol. The lowest BCUT2D eigenvalue weighted by Crippen LogP contribution is -2.15. The summed E-state index contributed by atoms with van der Waals surface area (Å²) in [7, 11) is 0. The Morgan fingerprint density at radius 2 is 1.39 bits per heavy atom. The summed E-state index contributed by atoms with van der Waals surface area (Å²) >= 11 is 0. The van der Waals surface area contributed by atoms with Crippen LogP contribution in [0.3, 0.4) is 0 Å². The van der Waals surface area contributed by atoms with Gasteiger partial charge in [0.05, 0.1) is 4.92 Å². The zero-order chi connectivity index (χ0) is 19.5. The largest absolute Gasteiger partial charge is 0.269 e. The van der Waals surface area contributed by atoms with E-state index in [9.17, 15) is 10.1 Å². The summed E-state index contributed by atoms with van der Waals surface area (Å²) in [4.78, 5) is 15.2. The maximum Gasteiger partial charge on any atom is 0.269 e. The third-order valence-corrected chi connectivity index (χ3v) is 4.55. The van der Waals surface area contributed by atoms with Gasteiger partial charge in [0.25, 0.3) is 5.69 Å². The van der Waals surface area contributed by atoms with Crippen LogP contribution >= 0.6 is 0 Å². The van der Waals surface area contributed by atoms with Crippen molar-refractivity contribution in [2.24, 2.45) is 0 Å². The number of benzene rings is 3. The van der Waals surface area contributed by atoms with Crippen molar-refractivity contribution in [3.8, 4) is 11.4 Å². The smallest absolute Gasteiger partial charge is 0.258 e. The third-order valence-electron chi connectivity index (χ3n) is 4.55. The van der Waals surface area contributed by atoms with Gasteiger partial charge in [0.2, 0.25) is 0 Å². The van der Waals surface area contributed by atoms with Crippen molar-refractivity contribution in [2.75, 3.05) is 0 Å². The lowest BCUT2D eigenvalue weighted by Gasteiger charge is -2.20. The van der Waals surface area contributed by atoms with Crippen LogP contribution in [0, 0.1) is 17.0 Å². The van der Waals surface area contributed by atoms with Crippen molar-refractivity contribution < 1.29 is 4.92 Å². The standard InChI is InChI=1S/C22H18N4O2/c1-16-23-22(19-12-14-20(15-13-19)26(27)28)25(24-16)21(17-8-4-2-5-9-17)18-10-6-3-7-11-18/h2-15,21H,1H3.